The van der Waals surface area contributed by atoms with E-state index in [2.05, 4.69) is 20.0 Å². The molecule has 3 aliphatic rings. The van der Waals surface area contributed by atoms with Gasteiger partial charge in [0.05, 0.1) is 47.6 Å². The van der Waals surface area contributed by atoms with Crippen LogP contribution in [0.4, 0.5) is 0 Å². The van der Waals surface area contributed by atoms with Gasteiger partial charge in [0.25, 0.3) is 0 Å². The first kappa shape index (κ1) is 62.5. The van der Waals surface area contributed by atoms with E-state index in [1.165, 1.54) is 39.7 Å². The van der Waals surface area contributed by atoms with E-state index in [1.807, 2.05) is 32.8 Å². The first-order valence-electron chi connectivity index (χ1n) is 26.3. The van der Waals surface area contributed by atoms with Gasteiger partial charge in [-0.25, -0.2) is 0 Å². The summed E-state index contributed by atoms with van der Waals surface area (Å²) in [5.74, 6) is -5.20. The summed E-state index contributed by atoms with van der Waals surface area (Å²) in [6, 6.07) is -1.23. The number of nitrogens with zero attached hydrogens (tertiary/aromatic N) is 2. The molecule has 5 N–H and O–H groups in total. The van der Waals surface area contributed by atoms with Gasteiger partial charge >= 0.3 is 119 Å². The number of esters is 1. The first-order valence-corrected chi connectivity index (χ1v) is 31.0. The van der Waals surface area contributed by atoms with Crippen LogP contribution in [0, 0.1) is 17.8 Å². The van der Waals surface area contributed by atoms with E-state index in [0.717, 1.165) is 31.8 Å². The fraction of sp³-hybridized carbons (Fsp3) is 0.962. The minimum atomic E-state index is -1.99. The van der Waals surface area contributed by atoms with Gasteiger partial charge in [0.15, 0.2) is 12.6 Å². The normalized spacial score (nSPS) is 40.9. The number of cyclic esters (lactones) is 1. The molecule has 3 rings (SSSR count). The third kappa shape index (κ3) is 17.9. The van der Waals surface area contributed by atoms with Gasteiger partial charge in [-0.05, 0) is 87.7 Å². The SMILES string of the molecule is CC[C@H]1OC(=O)[C@H](C)[C@@H](O[C@H]2C[C@@](C)(OC)[C@@H](O)[C@H](C)O2)[C@H](C)[C@@H](O[C@@H]2O[C@H](C)C[C@H](N(C)C)[C@H]2O)[C@](C)(O)C[C@@H](C)CN(C(=O)CCCCCCCCCCCP(C)(C)(C)Cl)[C@H](C)[C@@H](O)[C@]1(C)O. The van der Waals surface area contributed by atoms with Gasteiger partial charge < -0.3 is 63.8 Å². The summed E-state index contributed by atoms with van der Waals surface area (Å²) in [5, 5.41) is 60.0. The van der Waals surface area contributed by atoms with Crippen molar-refractivity contribution in [2.75, 3.05) is 53.9 Å². The smallest absolute Gasteiger partial charge is 0.126 e. The van der Waals surface area contributed by atoms with Gasteiger partial charge in [-0.2, -0.15) is 0 Å². The van der Waals surface area contributed by atoms with Gasteiger partial charge in [0, 0.05) is 32.0 Å². The fourth-order valence-corrected chi connectivity index (χ4v) is 12.8. The van der Waals surface area contributed by atoms with Crippen molar-refractivity contribution < 1.29 is 63.5 Å². The maximum atomic E-state index is 14.6. The number of carbonyl (C=O) groups excluding carboxylic acids is 2. The van der Waals surface area contributed by atoms with Gasteiger partial charge in [0.1, 0.15) is 30.0 Å². The van der Waals surface area contributed by atoms with Crippen LogP contribution in [0.3, 0.4) is 0 Å². The van der Waals surface area contributed by atoms with Crippen molar-refractivity contribution in [1.82, 2.24) is 9.80 Å². The van der Waals surface area contributed by atoms with Crippen LogP contribution in [0.25, 0.3) is 0 Å². The molecule has 3 heterocycles. The number of aliphatic hydroxyl groups excluding tert-OH is 3. The zero-order valence-corrected chi connectivity index (χ0v) is 47.3. The van der Waals surface area contributed by atoms with Crippen LogP contribution in [0.15, 0.2) is 0 Å². The van der Waals surface area contributed by atoms with E-state index in [1.54, 1.807) is 53.4 Å². The topological polar surface area (TPSA) is 197 Å². The van der Waals surface area contributed by atoms with Gasteiger partial charge in [-0.1, -0.05) is 20.8 Å². The Bertz CT molecular complexity index is 1570. The molecule has 0 radical (unpaired) electrons. The Morgan fingerprint density at radius 1 is 0.855 bits per heavy atom. The van der Waals surface area contributed by atoms with Crippen LogP contribution in [0.1, 0.15) is 159 Å². The first-order chi connectivity index (χ1) is 31.8. The average molecular weight is 1030 g/mol. The predicted molar refractivity (Wildman–Crippen MR) is 275 cm³/mol. The molecule has 15 nitrogen and oxygen atoms in total. The summed E-state index contributed by atoms with van der Waals surface area (Å²) in [7, 11) is 5.26. The molecule has 0 saturated carbocycles. The number of amides is 1. The third-order valence-electron chi connectivity index (χ3n) is 15.5. The number of halogens is 1. The predicted octanol–water partition coefficient (Wildman–Crippen LogP) is 7.30. The number of unbranched alkanes of at least 4 members (excludes halogenated alkanes) is 8. The molecule has 18 atom stereocenters. The number of ether oxygens (including phenoxy) is 6. The zero-order chi connectivity index (χ0) is 52.5. The summed E-state index contributed by atoms with van der Waals surface area (Å²) in [4.78, 5) is 32.5. The molecule has 69 heavy (non-hydrogen) atoms. The molecule has 3 fully saturated rings. The summed E-state index contributed by atoms with van der Waals surface area (Å²) in [6.07, 6.45) is 1.54. The average Bonchev–Trinajstić information content (AvgIpc) is 3.25. The van der Waals surface area contributed by atoms with E-state index < -0.39 is 102 Å². The van der Waals surface area contributed by atoms with Crippen molar-refractivity contribution in [3.05, 3.63) is 0 Å². The van der Waals surface area contributed by atoms with Gasteiger partial charge in [0.2, 0.25) is 0 Å². The quantitative estimate of drug-likeness (QED) is 0.0491. The van der Waals surface area contributed by atoms with Crippen LogP contribution in [0.2, 0.25) is 0 Å². The summed E-state index contributed by atoms with van der Waals surface area (Å²) >= 11 is 6.72. The van der Waals surface area contributed by atoms with E-state index in [9.17, 15) is 35.1 Å². The Hall–Kier alpha value is -0.780. The summed E-state index contributed by atoms with van der Waals surface area (Å²) in [6.45, 7) is 24.0. The molecule has 3 aliphatic heterocycles. The zero-order valence-electron chi connectivity index (χ0n) is 45.7. The minimum absolute atomic E-state index is 0.0820. The Morgan fingerprint density at radius 3 is 1.96 bits per heavy atom. The molecule has 0 bridgehead atoms. The Balaban J connectivity index is 1.99. The van der Waals surface area contributed by atoms with Crippen LogP contribution in [0.5, 0.6) is 0 Å². The molecule has 0 aromatic carbocycles. The number of rotatable bonds is 19. The number of carbonyl (C=O) groups is 2. The van der Waals surface area contributed by atoms with Crippen molar-refractivity contribution in [1.29, 1.82) is 0 Å². The van der Waals surface area contributed by atoms with E-state index >= 15 is 0 Å². The largest absolute Gasteiger partial charge is 0.388 e. The second kappa shape index (κ2) is 26.1. The van der Waals surface area contributed by atoms with Gasteiger partial charge in [-0.15, -0.1) is 0 Å². The monoisotopic (exact) mass is 1030 g/mol. The Morgan fingerprint density at radius 2 is 1.42 bits per heavy atom. The molecule has 0 unspecified atom stereocenters. The number of likely N-dealkylation sites (N-methyl/N-ethyl adjacent to an activating group) is 1. The summed E-state index contributed by atoms with van der Waals surface area (Å²) < 4.78 is 38.1. The number of hydrogen-bond donors (Lipinski definition) is 5. The molecule has 17 heteroatoms. The summed E-state index contributed by atoms with van der Waals surface area (Å²) in [5.41, 5.74) is -4.75. The molecular formula is C52H100ClN2O13P. The molecule has 0 aromatic rings. The van der Waals surface area contributed by atoms with Crippen molar-refractivity contribution in [3.63, 3.8) is 0 Å². The standard InChI is InChI=1S/C52H100ClN2O13P/c1-17-40-52(10,62)45(58)37(6)55(41(56)27-25-23-21-19-18-20-22-24-26-28-69(14,15,16)53)32-33(2)30-50(8,61)47(68-49-43(57)39(54(11)12)29-34(3)64-49)35(4)44(36(5)48(60)66-40)67-42-31-51(9,63-13)46(59)38(7)65-42/h33-40,42-47,49,57-59,61-62H,17-32H2,1-16H3/t33-,34-,35+,36-,37-,38+,39+,40-,42+,43-,44+,45-,46+,47-,49+,50-,51-,52-/m1/s1. The second-order valence-corrected chi connectivity index (χ2v) is 33.9. The van der Waals surface area contributed by atoms with Crippen LogP contribution in [-0.2, 0) is 38.0 Å². The van der Waals surface area contributed by atoms with E-state index in [4.69, 9.17) is 39.7 Å². The van der Waals surface area contributed by atoms with Gasteiger partial charge in [-0.3, -0.25) is 9.59 Å². The van der Waals surface area contributed by atoms with Crippen molar-refractivity contribution in [3.8, 4) is 0 Å². The molecule has 408 valence electrons. The van der Waals surface area contributed by atoms with E-state index in [-0.39, 0.29) is 56.2 Å². The Labute approximate surface area is 422 Å². The molecule has 0 aromatic heterocycles. The Kier molecular flexibility index (Phi) is 23.7. The molecule has 0 aliphatic carbocycles. The third-order valence-corrected chi connectivity index (χ3v) is 17.9. The fourth-order valence-electron chi connectivity index (χ4n) is 11.1. The maximum Gasteiger partial charge on any atom is 0.126 e. The maximum absolute atomic E-state index is 14.6. The van der Waals surface area contributed by atoms with Crippen LogP contribution < -0.4 is 0 Å². The van der Waals surface area contributed by atoms with Crippen molar-refractivity contribution in [2.24, 2.45) is 17.8 Å². The van der Waals surface area contributed by atoms with E-state index in [0.29, 0.717) is 12.8 Å². The molecule has 0 spiro atoms. The minimum Gasteiger partial charge on any atom is -0.388 e. The van der Waals surface area contributed by atoms with Crippen LogP contribution >= 0.6 is 17.2 Å². The molecular weight excluding hydrogens is 927 g/mol. The number of methoxy groups -OCH3 is 1. The number of hydrogen-bond acceptors (Lipinski definition) is 14. The molecule has 3 saturated heterocycles. The number of aliphatic hydroxyl groups is 5. The van der Waals surface area contributed by atoms with Crippen molar-refractivity contribution in [2.45, 2.75) is 249 Å². The van der Waals surface area contributed by atoms with Crippen LogP contribution in [-0.4, -0.2) is 191 Å². The van der Waals surface area contributed by atoms with Crippen molar-refractivity contribution >= 4 is 29.1 Å². The second-order valence-electron chi connectivity index (χ2n) is 23.8. The molecule has 1 amide bonds.